The molecule has 0 aliphatic heterocycles. The van der Waals surface area contributed by atoms with Gasteiger partial charge in [0, 0.05) is 10.6 Å². The van der Waals surface area contributed by atoms with Crippen molar-refractivity contribution >= 4 is 33.3 Å². The van der Waals surface area contributed by atoms with Crippen LogP contribution in [-0.2, 0) is 13.0 Å². The van der Waals surface area contributed by atoms with Crippen LogP contribution in [0.4, 0.5) is 0 Å². The van der Waals surface area contributed by atoms with Crippen molar-refractivity contribution in [2.75, 3.05) is 5.75 Å². The van der Waals surface area contributed by atoms with Crippen LogP contribution in [0, 0.1) is 31.1 Å². The van der Waals surface area contributed by atoms with Gasteiger partial charge in [0.1, 0.15) is 4.83 Å². The Bertz CT molecular complexity index is 1060. The number of aryl methyl sites for hydroxylation is 3. The van der Waals surface area contributed by atoms with E-state index in [9.17, 15) is 4.79 Å². The molecule has 0 fully saturated rings. The number of hydrogen-bond donors (Lipinski definition) is 0. The Hall–Kier alpha value is -2.10. The minimum Gasteiger partial charge on any atom is -0.283 e. The predicted octanol–water partition coefficient (Wildman–Crippen LogP) is 4.94. The lowest BCUT2D eigenvalue weighted by atomic mass is 10.1. The highest BCUT2D eigenvalue weighted by Crippen LogP contribution is 2.30. The fourth-order valence-corrected chi connectivity index (χ4v) is 5.04. The van der Waals surface area contributed by atoms with E-state index in [1.807, 2.05) is 13.8 Å². The lowest BCUT2D eigenvalue weighted by Gasteiger charge is -2.13. The average Bonchev–Trinajstić information content (AvgIpc) is 2.99. The van der Waals surface area contributed by atoms with Crippen LogP contribution in [0.15, 0.2) is 34.2 Å². The maximum atomic E-state index is 13.3. The van der Waals surface area contributed by atoms with Gasteiger partial charge in [0.2, 0.25) is 0 Å². The number of rotatable bonds is 6. The molecule has 1 atom stereocenters. The Morgan fingerprint density at radius 3 is 2.63 bits per heavy atom. The number of aromatic nitrogens is 2. The van der Waals surface area contributed by atoms with Crippen molar-refractivity contribution in [2.45, 2.75) is 45.8 Å². The van der Waals surface area contributed by atoms with Crippen LogP contribution < -0.4 is 5.56 Å². The molecule has 4 nitrogen and oxygen atoms in total. The Morgan fingerprint density at radius 2 is 2.00 bits per heavy atom. The van der Waals surface area contributed by atoms with E-state index in [0.29, 0.717) is 17.5 Å². The smallest absolute Gasteiger partial charge is 0.263 e. The van der Waals surface area contributed by atoms with Crippen molar-refractivity contribution in [1.82, 2.24) is 9.55 Å². The van der Waals surface area contributed by atoms with Crippen LogP contribution in [0.25, 0.3) is 10.2 Å². The van der Waals surface area contributed by atoms with Gasteiger partial charge in [-0.25, -0.2) is 4.98 Å². The van der Waals surface area contributed by atoms with Gasteiger partial charge >= 0.3 is 0 Å². The third kappa shape index (κ3) is 4.10. The molecule has 0 amide bonds. The van der Waals surface area contributed by atoms with E-state index in [2.05, 4.69) is 44.2 Å². The minimum absolute atomic E-state index is 0.0149. The molecule has 2 aromatic heterocycles. The summed E-state index contributed by atoms with van der Waals surface area (Å²) in [5.74, 6) is 0.527. The molecule has 140 valence electrons. The summed E-state index contributed by atoms with van der Waals surface area (Å²) in [6.07, 6.45) is 0.901. The summed E-state index contributed by atoms with van der Waals surface area (Å²) in [4.78, 5) is 20.2. The number of benzene rings is 1. The lowest BCUT2D eigenvalue weighted by molar-refractivity contribution is 0.657. The zero-order valence-corrected chi connectivity index (χ0v) is 17.7. The van der Waals surface area contributed by atoms with Crippen LogP contribution in [-0.4, -0.2) is 15.3 Å². The van der Waals surface area contributed by atoms with Crippen molar-refractivity contribution in [2.24, 2.45) is 5.92 Å². The summed E-state index contributed by atoms with van der Waals surface area (Å²) >= 11 is 3.10. The van der Waals surface area contributed by atoms with Gasteiger partial charge in [-0.1, -0.05) is 48.5 Å². The largest absolute Gasteiger partial charge is 0.283 e. The topological polar surface area (TPSA) is 58.7 Å². The van der Waals surface area contributed by atoms with E-state index in [1.54, 1.807) is 15.9 Å². The van der Waals surface area contributed by atoms with E-state index < -0.39 is 0 Å². The number of fused-ring (bicyclic) bond motifs is 1. The number of thiophene rings is 1. The van der Waals surface area contributed by atoms with Gasteiger partial charge in [-0.05, 0) is 38.3 Å². The van der Waals surface area contributed by atoms with Crippen LogP contribution in [0.5, 0.6) is 0 Å². The average molecular weight is 398 g/mol. The van der Waals surface area contributed by atoms with E-state index >= 15 is 0 Å². The molecule has 0 radical (unpaired) electrons. The van der Waals surface area contributed by atoms with Gasteiger partial charge in [0.15, 0.2) is 5.16 Å². The van der Waals surface area contributed by atoms with Crippen molar-refractivity contribution < 1.29 is 0 Å². The summed E-state index contributed by atoms with van der Waals surface area (Å²) < 4.78 is 1.76. The quantitative estimate of drug-likeness (QED) is 0.437. The number of nitrogens with zero attached hydrogens (tertiary/aromatic N) is 3. The SMILES string of the molecule is CCc1sc2nc(SC[C@H](C)C#N)n(Cc3ccc(C)cc3)c(=O)c2c1C. The summed E-state index contributed by atoms with van der Waals surface area (Å²) in [7, 11) is 0. The summed E-state index contributed by atoms with van der Waals surface area (Å²) in [5.41, 5.74) is 3.33. The molecule has 0 spiro atoms. The highest BCUT2D eigenvalue weighted by atomic mass is 32.2. The van der Waals surface area contributed by atoms with Crippen molar-refractivity contribution in [3.63, 3.8) is 0 Å². The van der Waals surface area contributed by atoms with Gasteiger partial charge in [-0.15, -0.1) is 11.3 Å². The van der Waals surface area contributed by atoms with E-state index in [1.165, 1.54) is 22.2 Å². The van der Waals surface area contributed by atoms with Crippen molar-refractivity contribution in [3.8, 4) is 6.07 Å². The Balaban J connectivity index is 2.12. The van der Waals surface area contributed by atoms with Gasteiger partial charge in [-0.2, -0.15) is 5.26 Å². The van der Waals surface area contributed by atoms with Crippen LogP contribution >= 0.6 is 23.1 Å². The zero-order chi connectivity index (χ0) is 19.6. The third-order valence-electron chi connectivity index (χ3n) is 4.58. The Morgan fingerprint density at radius 1 is 1.30 bits per heavy atom. The maximum absolute atomic E-state index is 13.3. The lowest BCUT2D eigenvalue weighted by Crippen LogP contribution is -2.24. The molecule has 3 rings (SSSR count). The number of hydrogen-bond acceptors (Lipinski definition) is 5. The molecule has 0 saturated heterocycles. The third-order valence-corrected chi connectivity index (χ3v) is 7.15. The van der Waals surface area contributed by atoms with Crippen LogP contribution in [0.2, 0.25) is 0 Å². The predicted molar refractivity (Wildman–Crippen MR) is 114 cm³/mol. The fraction of sp³-hybridized carbons (Fsp3) is 0.381. The second kappa shape index (κ2) is 8.28. The minimum atomic E-state index is -0.0910. The maximum Gasteiger partial charge on any atom is 0.263 e. The number of nitriles is 1. The standard InChI is InChI=1S/C21H23N3OS2/c1-5-17-15(4)18-19(27-17)23-21(26-12-14(3)10-22)24(20(18)25)11-16-8-6-13(2)7-9-16/h6-9,14H,5,11-12H2,1-4H3/t14-/m1/s1. The van der Waals surface area contributed by atoms with Gasteiger partial charge in [-0.3, -0.25) is 9.36 Å². The molecule has 0 aliphatic carbocycles. The molecule has 0 unspecified atom stereocenters. The molecule has 0 N–H and O–H groups in total. The molecule has 27 heavy (non-hydrogen) atoms. The molecule has 0 saturated carbocycles. The first-order valence-corrected chi connectivity index (χ1v) is 10.9. The van der Waals surface area contributed by atoms with Crippen LogP contribution in [0.3, 0.4) is 0 Å². The van der Waals surface area contributed by atoms with Crippen molar-refractivity contribution in [1.29, 1.82) is 5.26 Å². The van der Waals surface area contributed by atoms with Crippen LogP contribution in [0.1, 0.15) is 35.4 Å². The van der Waals surface area contributed by atoms with E-state index in [-0.39, 0.29) is 11.5 Å². The second-order valence-electron chi connectivity index (χ2n) is 6.80. The normalized spacial score (nSPS) is 12.3. The van der Waals surface area contributed by atoms with Gasteiger partial charge < -0.3 is 0 Å². The summed E-state index contributed by atoms with van der Waals surface area (Å²) in [6, 6.07) is 10.5. The molecule has 6 heteroatoms. The molecular weight excluding hydrogens is 374 g/mol. The monoisotopic (exact) mass is 397 g/mol. The van der Waals surface area contributed by atoms with E-state index in [0.717, 1.165) is 27.8 Å². The molecule has 3 aromatic rings. The summed E-state index contributed by atoms with van der Waals surface area (Å²) in [5, 5.41) is 10.5. The first kappa shape index (κ1) is 19.7. The molecule has 2 heterocycles. The molecule has 0 aliphatic rings. The van der Waals surface area contributed by atoms with Crippen molar-refractivity contribution in [3.05, 3.63) is 56.2 Å². The second-order valence-corrected chi connectivity index (χ2v) is 8.87. The zero-order valence-electron chi connectivity index (χ0n) is 16.1. The van der Waals surface area contributed by atoms with Gasteiger partial charge in [0.25, 0.3) is 5.56 Å². The van der Waals surface area contributed by atoms with Gasteiger partial charge in [0.05, 0.1) is 23.9 Å². The van der Waals surface area contributed by atoms with E-state index in [4.69, 9.17) is 10.2 Å². The Labute approximate surface area is 167 Å². The molecule has 0 bridgehead atoms. The first-order valence-electron chi connectivity index (χ1n) is 9.05. The molecular formula is C21H23N3OS2. The highest BCUT2D eigenvalue weighted by molar-refractivity contribution is 7.99. The Kier molecular flexibility index (Phi) is 6.03. The summed E-state index contributed by atoms with van der Waals surface area (Å²) in [6.45, 7) is 8.55. The highest BCUT2D eigenvalue weighted by Gasteiger charge is 2.18. The number of thioether (sulfide) groups is 1. The first-order chi connectivity index (χ1) is 12.9. The fourth-order valence-electron chi connectivity index (χ4n) is 2.94. The molecule has 1 aromatic carbocycles.